The zero-order valence-electron chi connectivity index (χ0n) is 13.9. The van der Waals surface area contributed by atoms with Gasteiger partial charge in [0.25, 0.3) is 5.91 Å². The lowest BCUT2D eigenvalue weighted by atomic mass is 10.3. The summed E-state index contributed by atoms with van der Waals surface area (Å²) in [5.41, 5.74) is 2.04. The van der Waals surface area contributed by atoms with Gasteiger partial charge in [-0.1, -0.05) is 0 Å². The fraction of sp³-hybridized carbons (Fsp3) is 0.118. The molecule has 0 saturated carbocycles. The van der Waals surface area contributed by atoms with E-state index in [9.17, 15) is 13.6 Å². The number of hydrogen-bond donors (Lipinski definition) is 2. The maximum Gasteiger partial charge on any atom is 0.586 e. The van der Waals surface area contributed by atoms with Gasteiger partial charge in [0.1, 0.15) is 10.7 Å². The molecular weight excluding hydrogens is 410 g/mol. The third-order valence-corrected chi connectivity index (χ3v) is 5.57. The summed E-state index contributed by atoms with van der Waals surface area (Å²) in [5, 5.41) is 7.34. The number of alkyl halides is 2. The molecule has 0 bridgehead atoms. The highest BCUT2D eigenvalue weighted by molar-refractivity contribution is 8.14. The Balaban J connectivity index is 1.37. The second kappa shape index (κ2) is 6.31. The van der Waals surface area contributed by atoms with Gasteiger partial charge in [0.05, 0.1) is 11.0 Å². The number of aromatic nitrogens is 2. The van der Waals surface area contributed by atoms with Gasteiger partial charge in [-0.2, -0.15) is 11.3 Å². The molecule has 4 heterocycles. The number of benzene rings is 1. The molecule has 0 saturated heterocycles. The highest BCUT2D eigenvalue weighted by Crippen LogP contribution is 2.42. The lowest BCUT2D eigenvalue weighted by Crippen LogP contribution is -2.25. The van der Waals surface area contributed by atoms with Crippen molar-refractivity contribution in [2.45, 2.75) is 6.29 Å². The van der Waals surface area contributed by atoms with Crippen LogP contribution in [0, 0.1) is 0 Å². The molecule has 0 spiro atoms. The topological polar surface area (TPSA) is 88.6 Å². The molecular formula is C17H10F2N4O3S2. The zero-order valence-corrected chi connectivity index (χ0v) is 15.5. The molecule has 11 heteroatoms. The highest BCUT2D eigenvalue weighted by Gasteiger charge is 2.43. The number of thiophene rings is 1. The minimum absolute atomic E-state index is 0.101. The van der Waals surface area contributed by atoms with Crippen molar-refractivity contribution >= 4 is 51.0 Å². The minimum Gasteiger partial charge on any atom is -0.395 e. The number of nitrogens with zero attached hydrogens (tertiary/aromatic N) is 2. The van der Waals surface area contributed by atoms with Crippen molar-refractivity contribution in [3.05, 3.63) is 46.3 Å². The number of anilines is 1. The van der Waals surface area contributed by atoms with Gasteiger partial charge in [-0.25, -0.2) is 9.98 Å². The van der Waals surface area contributed by atoms with Crippen LogP contribution in [0.15, 0.2) is 45.7 Å². The number of fused-ring (bicyclic) bond motifs is 2. The van der Waals surface area contributed by atoms with Gasteiger partial charge in [0, 0.05) is 28.8 Å². The number of ether oxygens (including phenoxy) is 2. The molecule has 2 aliphatic rings. The van der Waals surface area contributed by atoms with Crippen LogP contribution in [0.5, 0.6) is 11.5 Å². The summed E-state index contributed by atoms with van der Waals surface area (Å²) < 4.78 is 35.1. The molecule has 1 amide bonds. The van der Waals surface area contributed by atoms with Gasteiger partial charge in [-0.3, -0.25) is 10.1 Å². The molecule has 2 N–H and O–H groups in total. The van der Waals surface area contributed by atoms with E-state index in [2.05, 4.69) is 29.8 Å². The predicted molar refractivity (Wildman–Crippen MR) is 102 cm³/mol. The average molecular weight is 420 g/mol. The summed E-state index contributed by atoms with van der Waals surface area (Å²) in [7, 11) is 0. The Morgan fingerprint density at radius 1 is 1.29 bits per heavy atom. The van der Waals surface area contributed by atoms with E-state index < -0.39 is 12.2 Å². The number of aromatic amines is 1. The van der Waals surface area contributed by atoms with Crippen molar-refractivity contribution in [2.75, 3.05) is 11.1 Å². The number of H-pyrrole nitrogens is 1. The Labute approximate surface area is 164 Å². The van der Waals surface area contributed by atoms with E-state index in [-0.39, 0.29) is 23.1 Å². The third kappa shape index (κ3) is 3.12. The van der Waals surface area contributed by atoms with Crippen molar-refractivity contribution in [2.24, 2.45) is 4.99 Å². The van der Waals surface area contributed by atoms with Gasteiger partial charge in [-0.05, 0) is 17.5 Å². The van der Waals surface area contributed by atoms with Crippen LogP contribution in [0.1, 0.15) is 5.56 Å². The number of amides is 1. The lowest BCUT2D eigenvalue weighted by Gasteiger charge is -2.11. The van der Waals surface area contributed by atoms with Crippen molar-refractivity contribution in [3.8, 4) is 11.5 Å². The van der Waals surface area contributed by atoms with Gasteiger partial charge in [-0.15, -0.1) is 20.5 Å². The van der Waals surface area contributed by atoms with Crippen LogP contribution in [0.2, 0.25) is 0 Å². The second-order valence-corrected chi connectivity index (χ2v) is 7.64. The normalized spacial score (nSPS) is 17.4. The Morgan fingerprint density at radius 3 is 2.89 bits per heavy atom. The standard InChI is InChI=1S/C17H10F2N4O3S2/c18-17(19)25-12-5-10-11(6-13(12)26-17)22-16(21-10)23-14(24)9-2-4-28-15(20-9)8-1-3-27-7-8/h1-3,5-7H,4H2,(H2,21,22,23,24). The first-order valence-corrected chi connectivity index (χ1v) is 9.95. The van der Waals surface area contributed by atoms with Gasteiger partial charge in [0.15, 0.2) is 11.5 Å². The molecule has 0 fully saturated rings. The lowest BCUT2D eigenvalue weighted by molar-refractivity contribution is -0.286. The Morgan fingerprint density at radius 2 is 2.11 bits per heavy atom. The van der Waals surface area contributed by atoms with Crippen LogP contribution < -0.4 is 14.8 Å². The van der Waals surface area contributed by atoms with Gasteiger partial charge < -0.3 is 14.5 Å². The maximum absolute atomic E-state index is 13.1. The van der Waals surface area contributed by atoms with E-state index in [1.54, 1.807) is 29.2 Å². The molecule has 0 radical (unpaired) electrons. The number of imidazole rings is 1. The van der Waals surface area contributed by atoms with Crippen molar-refractivity contribution < 1.29 is 23.0 Å². The number of halogens is 2. The van der Waals surface area contributed by atoms with Crippen LogP contribution in [-0.2, 0) is 4.79 Å². The monoisotopic (exact) mass is 420 g/mol. The summed E-state index contributed by atoms with van der Waals surface area (Å²) in [5.74, 6) is 0.170. The molecule has 0 unspecified atom stereocenters. The third-order valence-electron chi connectivity index (χ3n) is 3.96. The average Bonchev–Trinajstić information content (AvgIpc) is 3.36. The molecule has 5 rings (SSSR count). The van der Waals surface area contributed by atoms with Crippen molar-refractivity contribution in [1.82, 2.24) is 9.97 Å². The molecule has 28 heavy (non-hydrogen) atoms. The predicted octanol–water partition coefficient (Wildman–Crippen LogP) is 3.96. The molecule has 3 aromatic rings. The van der Waals surface area contributed by atoms with Crippen molar-refractivity contribution in [3.63, 3.8) is 0 Å². The van der Waals surface area contributed by atoms with Crippen LogP contribution in [0.3, 0.4) is 0 Å². The molecule has 142 valence electrons. The fourth-order valence-electron chi connectivity index (χ4n) is 2.75. The Kier molecular flexibility index (Phi) is 3.88. The largest absolute Gasteiger partial charge is 0.586 e. The summed E-state index contributed by atoms with van der Waals surface area (Å²) in [6, 6.07) is 4.61. The van der Waals surface area contributed by atoms with Crippen LogP contribution in [0.4, 0.5) is 14.7 Å². The Bertz CT molecular complexity index is 1110. The zero-order chi connectivity index (χ0) is 19.3. The molecule has 2 aromatic heterocycles. The van der Waals surface area contributed by atoms with Crippen LogP contribution in [0.25, 0.3) is 11.0 Å². The first-order valence-electron chi connectivity index (χ1n) is 8.02. The molecule has 2 aliphatic heterocycles. The number of hydrogen-bond acceptors (Lipinski definition) is 7. The first kappa shape index (κ1) is 17.2. The number of thioether (sulfide) groups is 1. The second-order valence-electron chi connectivity index (χ2n) is 5.85. The molecule has 7 nitrogen and oxygen atoms in total. The Hall–Kier alpha value is -2.92. The minimum atomic E-state index is -3.69. The number of nitrogens with one attached hydrogen (secondary N) is 2. The number of rotatable bonds is 3. The maximum atomic E-state index is 13.1. The SMILES string of the molecule is O=C(Nc1nc2cc3c(cc2[nH]1)OC(F)(F)O3)C1=CCSC(c2ccsc2)=N1. The first-order chi connectivity index (χ1) is 13.5. The number of aliphatic imine (C=N–C) groups is 1. The number of carbonyl (C=O) groups excluding carboxylic acids is 1. The van der Waals surface area contributed by atoms with Crippen LogP contribution in [-0.4, -0.2) is 33.0 Å². The summed E-state index contributed by atoms with van der Waals surface area (Å²) >= 11 is 3.11. The van der Waals surface area contributed by atoms with E-state index in [0.29, 0.717) is 16.8 Å². The summed E-state index contributed by atoms with van der Waals surface area (Å²) in [6.45, 7) is 0. The van der Waals surface area contributed by atoms with Crippen molar-refractivity contribution in [1.29, 1.82) is 0 Å². The number of carbonyl (C=O) groups is 1. The van der Waals surface area contributed by atoms with Gasteiger partial charge in [0.2, 0.25) is 5.95 Å². The van der Waals surface area contributed by atoms with E-state index in [1.165, 1.54) is 12.1 Å². The quantitative estimate of drug-likeness (QED) is 0.670. The van der Waals surface area contributed by atoms with Gasteiger partial charge >= 0.3 is 6.29 Å². The molecule has 0 atom stereocenters. The summed E-state index contributed by atoms with van der Waals surface area (Å²) in [4.78, 5) is 24.0. The highest BCUT2D eigenvalue weighted by atomic mass is 32.2. The smallest absolute Gasteiger partial charge is 0.395 e. The van der Waals surface area contributed by atoms with Crippen LogP contribution >= 0.6 is 23.1 Å². The van der Waals surface area contributed by atoms with E-state index in [0.717, 1.165) is 10.6 Å². The molecule has 0 aliphatic carbocycles. The molecule has 1 aromatic carbocycles. The fourth-order valence-corrected chi connectivity index (χ4v) is 4.32. The van der Waals surface area contributed by atoms with E-state index in [4.69, 9.17) is 0 Å². The van der Waals surface area contributed by atoms with E-state index in [1.807, 2.05) is 16.8 Å². The summed E-state index contributed by atoms with van der Waals surface area (Å²) in [6.07, 6.45) is -1.96. The van der Waals surface area contributed by atoms with E-state index >= 15 is 0 Å².